The summed E-state index contributed by atoms with van der Waals surface area (Å²) in [5.74, 6) is -0.0357. The second-order valence-corrected chi connectivity index (χ2v) is 11.1. The average molecular weight is 538 g/mol. The second kappa shape index (κ2) is 13.8. The molecule has 8 heteroatoms. The Morgan fingerprint density at radius 2 is 1.69 bits per heavy atom. The van der Waals surface area contributed by atoms with Crippen LogP contribution < -0.4 is 15.4 Å². The number of amides is 3. The van der Waals surface area contributed by atoms with Gasteiger partial charge in [0.15, 0.2) is 0 Å². The number of carbonyl (C=O) groups is 3. The highest BCUT2D eigenvalue weighted by Gasteiger charge is 2.36. The highest BCUT2D eigenvalue weighted by atomic mass is 16.6. The topological polar surface area (TPSA) is 97.0 Å². The molecule has 2 aromatic carbocycles. The minimum absolute atomic E-state index is 0.0900. The molecule has 2 unspecified atom stereocenters. The van der Waals surface area contributed by atoms with Gasteiger partial charge in [-0.2, -0.15) is 0 Å². The van der Waals surface area contributed by atoms with Crippen molar-refractivity contribution < 1.29 is 23.9 Å². The summed E-state index contributed by atoms with van der Waals surface area (Å²) >= 11 is 0. The van der Waals surface area contributed by atoms with Crippen LogP contribution in [0.4, 0.5) is 10.5 Å². The summed E-state index contributed by atoms with van der Waals surface area (Å²) in [6.45, 7) is 17.0. The van der Waals surface area contributed by atoms with Crippen LogP contribution in [0.1, 0.15) is 63.8 Å². The van der Waals surface area contributed by atoms with Gasteiger partial charge < -0.3 is 25.0 Å². The van der Waals surface area contributed by atoms with Crippen molar-refractivity contribution in [3.63, 3.8) is 0 Å². The van der Waals surface area contributed by atoms with Crippen LogP contribution in [0, 0.1) is 19.8 Å². The zero-order valence-electron chi connectivity index (χ0n) is 24.5. The number of rotatable bonds is 11. The third-order valence-corrected chi connectivity index (χ3v) is 5.94. The monoisotopic (exact) mass is 537 g/mol. The van der Waals surface area contributed by atoms with E-state index in [4.69, 9.17) is 9.47 Å². The molecule has 0 aliphatic heterocycles. The maximum Gasteiger partial charge on any atom is 0.408 e. The lowest BCUT2D eigenvalue weighted by Crippen LogP contribution is -2.53. The second-order valence-electron chi connectivity index (χ2n) is 11.1. The fourth-order valence-corrected chi connectivity index (χ4v) is 4.27. The number of anilines is 1. The van der Waals surface area contributed by atoms with Gasteiger partial charge in [0.25, 0.3) is 5.91 Å². The van der Waals surface area contributed by atoms with Gasteiger partial charge >= 0.3 is 6.09 Å². The largest absolute Gasteiger partial charge is 0.497 e. The summed E-state index contributed by atoms with van der Waals surface area (Å²) in [5, 5.41) is 5.69. The number of alkyl carbamates (subject to hydrolysis) is 1. The van der Waals surface area contributed by atoms with Crippen LogP contribution in [0.5, 0.6) is 5.75 Å². The first-order chi connectivity index (χ1) is 18.2. The van der Waals surface area contributed by atoms with Gasteiger partial charge in [-0.3, -0.25) is 9.59 Å². The van der Waals surface area contributed by atoms with Crippen LogP contribution in [0.3, 0.4) is 0 Å². The molecule has 0 heterocycles. The van der Waals surface area contributed by atoms with Crippen LogP contribution in [0.2, 0.25) is 0 Å². The highest BCUT2D eigenvalue weighted by Crippen LogP contribution is 2.29. The van der Waals surface area contributed by atoms with Gasteiger partial charge in [0, 0.05) is 12.2 Å². The van der Waals surface area contributed by atoms with Gasteiger partial charge in [-0.25, -0.2) is 4.79 Å². The van der Waals surface area contributed by atoms with Crippen molar-refractivity contribution in [1.29, 1.82) is 0 Å². The van der Waals surface area contributed by atoms with Crippen molar-refractivity contribution in [3.05, 3.63) is 71.8 Å². The number of aryl methyl sites for hydroxylation is 2. The van der Waals surface area contributed by atoms with Crippen LogP contribution in [-0.2, 0) is 14.3 Å². The summed E-state index contributed by atoms with van der Waals surface area (Å²) < 4.78 is 10.6. The van der Waals surface area contributed by atoms with E-state index < -0.39 is 29.7 Å². The van der Waals surface area contributed by atoms with E-state index >= 15 is 0 Å². The average Bonchev–Trinajstić information content (AvgIpc) is 2.83. The Labute approximate surface area is 232 Å². The van der Waals surface area contributed by atoms with Crippen molar-refractivity contribution in [2.45, 2.75) is 72.6 Å². The Kier molecular flexibility index (Phi) is 11.1. The van der Waals surface area contributed by atoms with E-state index in [9.17, 15) is 14.4 Å². The van der Waals surface area contributed by atoms with Gasteiger partial charge in [0.2, 0.25) is 5.91 Å². The lowest BCUT2D eigenvalue weighted by atomic mass is 9.95. The summed E-state index contributed by atoms with van der Waals surface area (Å²) in [6, 6.07) is 10.8. The molecular formula is C31H43N3O5. The van der Waals surface area contributed by atoms with Crippen LogP contribution >= 0.6 is 0 Å². The molecule has 2 N–H and O–H groups in total. The predicted molar refractivity (Wildman–Crippen MR) is 155 cm³/mol. The molecule has 0 bridgehead atoms. The number of ether oxygens (including phenoxy) is 2. The van der Waals surface area contributed by atoms with Gasteiger partial charge in [0.1, 0.15) is 23.4 Å². The minimum atomic E-state index is -0.978. The van der Waals surface area contributed by atoms with Crippen LogP contribution in [0.15, 0.2) is 55.1 Å². The Morgan fingerprint density at radius 1 is 1.05 bits per heavy atom. The van der Waals surface area contributed by atoms with Crippen molar-refractivity contribution in [1.82, 2.24) is 10.2 Å². The van der Waals surface area contributed by atoms with E-state index in [0.29, 0.717) is 23.4 Å². The lowest BCUT2D eigenvalue weighted by molar-refractivity contribution is -0.140. The number of methoxy groups -OCH3 is 1. The molecule has 0 radical (unpaired) electrons. The molecule has 0 saturated carbocycles. The SMILES string of the molecule is C=CCN(C(=O)C(CC(C)C)NC(=O)OC(C)(C)C)C(C(=O)Nc1ccc(OC)cc1)c1ccc(C)cc1C. The third-order valence-electron chi connectivity index (χ3n) is 5.94. The van der Waals surface area contributed by atoms with E-state index in [-0.39, 0.29) is 18.4 Å². The van der Waals surface area contributed by atoms with Gasteiger partial charge in [-0.1, -0.05) is 43.7 Å². The van der Waals surface area contributed by atoms with Crippen molar-refractivity contribution in [3.8, 4) is 5.75 Å². The summed E-state index contributed by atoms with van der Waals surface area (Å²) in [4.78, 5) is 42.2. The predicted octanol–water partition coefficient (Wildman–Crippen LogP) is 5.95. The lowest BCUT2D eigenvalue weighted by Gasteiger charge is -2.35. The zero-order valence-corrected chi connectivity index (χ0v) is 24.5. The first kappa shape index (κ1) is 31.4. The molecule has 0 spiro atoms. The fourth-order valence-electron chi connectivity index (χ4n) is 4.27. The summed E-state index contributed by atoms with van der Waals surface area (Å²) in [6.07, 6.45) is 1.26. The zero-order chi connectivity index (χ0) is 29.3. The molecule has 2 rings (SSSR count). The maximum atomic E-state index is 14.1. The molecule has 0 aromatic heterocycles. The number of benzene rings is 2. The molecule has 0 aliphatic rings. The molecule has 0 fully saturated rings. The van der Waals surface area contributed by atoms with E-state index in [1.807, 2.05) is 45.9 Å². The number of carbonyl (C=O) groups excluding carboxylic acids is 3. The van der Waals surface area contributed by atoms with E-state index in [1.54, 1.807) is 58.2 Å². The van der Waals surface area contributed by atoms with Crippen LogP contribution in [0.25, 0.3) is 0 Å². The first-order valence-corrected chi connectivity index (χ1v) is 13.2. The molecule has 8 nitrogen and oxygen atoms in total. The van der Waals surface area contributed by atoms with Gasteiger partial charge in [0.05, 0.1) is 7.11 Å². The number of hydrogen-bond donors (Lipinski definition) is 2. The quantitative estimate of drug-likeness (QED) is 0.346. The van der Waals surface area contributed by atoms with Gasteiger partial charge in [-0.15, -0.1) is 6.58 Å². The standard InChI is InChI=1S/C31H43N3O5/c1-10-17-34(29(36)26(18-20(2)3)33-30(37)39-31(6,7)8)27(25-16-11-21(4)19-22(25)5)28(35)32-23-12-14-24(38-9)15-13-23/h10-16,19-20,26-27H,1,17-18H2,2-9H3,(H,32,35)(H,33,37). The Hall–Kier alpha value is -3.81. The molecule has 0 saturated heterocycles. The van der Waals surface area contributed by atoms with E-state index in [1.165, 1.54) is 4.90 Å². The molecule has 2 aromatic rings. The summed E-state index contributed by atoms with van der Waals surface area (Å²) in [5.41, 5.74) is 2.43. The van der Waals surface area contributed by atoms with E-state index in [2.05, 4.69) is 17.2 Å². The first-order valence-electron chi connectivity index (χ1n) is 13.2. The molecule has 2 atom stereocenters. The Morgan fingerprint density at radius 3 is 2.21 bits per heavy atom. The Balaban J connectivity index is 2.54. The maximum absolute atomic E-state index is 14.1. The molecule has 0 aliphatic carbocycles. The highest BCUT2D eigenvalue weighted by molar-refractivity contribution is 5.99. The normalized spacial score (nSPS) is 12.7. The summed E-state index contributed by atoms with van der Waals surface area (Å²) in [7, 11) is 1.57. The number of hydrogen-bond acceptors (Lipinski definition) is 5. The fraction of sp³-hybridized carbons (Fsp3) is 0.452. The molecule has 212 valence electrons. The van der Waals surface area contributed by atoms with Gasteiger partial charge in [-0.05, 0) is 82.3 Å². The van der Waals surface area contributed by atoms with Crippen molar-refractivity contribution in [2.75, 3.05) is 19.0 Å². The minimum Gasteiger partial charge on any atom is -0.497 e. The molecule has 3 amide bonds. The number of nitrogens with zero attached hydrogens (tertiary/aromatic N) is 1. The molecule has 39 heavy (non-hydrogen) atoms. The third kappa shape index (κ3) is 9.46. The van der Waals surface area contributed by atoms with E-state index in [0.717, 1.165) is 11.1 Å². The smallest absolute Gasteiger partial charge is 0.408 e. The Bertz CT molecular complexity index is 1150. The van der Waals surface area contributed by atoms with Crippen molar-refractivity contribution >= 4 is 23.6 Å². The van der Waals surface area contributed by atoms with Crippen LogP contribution in [-0.4, -0.2) is 48.1 Å². The number of nitrogens with one attached hydrogen (secondary N) is 2. The van der Waals surface area contributed by atoms with Crippen molar-refractivity contribution in [2.24, 2.45) is 5.92 Å². The molecular weight excluding hydrogens is 494 g/mol.